The van der Waals surface area contributed by atoms with Crippen molar-refractivity contribution in [2.45, 2.75) is 0 Å². The summed E-state index contributed by atoms with van der Waals surface area (Å²) in [6.07, 6.45) is 1.16. The van der Waals surface area contributed by atoms with Crippen LogP contribution in [0.3, 0.4) is 0 Å². The van der Waals surface area contributed by atoms with Crippen LogP contribution in [0.2, 0.25) is 0 Å². The van der Waals surface area contributed by atoms with Gasteiger partial charge < -0.3 is 10.3 Å². The Morgan fingerprint density at radius 2 is 2.57 bits per heavy atom. The molecule has 1 rings (SSSR count). The van der Waals surface area contributed by atoms with Crippen molar-refractivity contribution in [1.29, 1.82) is 0 Å². The van der Waals surface area contributed by atoms with Crippen LogP contribution in [0, 0.1) is 0 Å². The van der Waals surface area contributed by atoms with Gasteiger partial charge in [-0.25, -0.2) is 0 Å². The van der Waals surface area contributed by atoms with Gasteiger partial charge >= 0.3 is 5.56 Å². The van der Waals surface area contributed by atoms with Gasteiger partial charge in [0.2, 0.25) is 0 Å². The average molecular weight is 100 g/mol. The maximum Gasteiger partial charge on any atom is 0.303 e. The van der Waals surface area contributed by atoms with Crippen LogP contribution in [0.5, 0.6) is 0 Å². The third kappa shape index (κ3) is 0.489. The number of hydrogen-bond acceptors (Lipinski definition) is 3. The van der Waals surface area contributed by atoms with Gasteiger partial charge in [-0.15, -0.1) is 0 Å². The molecule has 0 saturated carbocycles. The SMILES string of the molecule is Nc1co[nH]c1=O. The van der Waals surface area contributed by atoms with Crippen LogP contribution in [-0.2, 0) is 0 Å². The molecule has 0 radical (unpaired) electrons. The van der Waals surface area contributed by atoms with E-state index < -0.39 is 0 Å². The largest absolute Gasteiger partial charge is 0.392 e. The molecular formula is C3H4N2O2. The van der Waals surface area contributed by atoms with E-state index in [9.17, 15) is 4.79 Å². The molecule has 4 nitrogen and oxygen atoms in total. The predicted octanol–water partition coefficient (Wildman–Crippen LogP) is -0.450. The lowest BCUT2D eigenvalue weighted by atomic mass is 10.6. The van der Waals surface area contributed by atoms with Gasteiger partial charge in [-0.1, -0.05) is 0 Å². The molecule has 0 aliphatic rings. The van der Waals surface area contributed by atoms with Crippen LogP contribution in [0.1, 0.15) is 0 Å². The minimum atomic E-state index is -0.375. The van der Waals surface area contributed by atoms with Crippen LogP contribution in [0.4, 0.5) is 5.69 Å². The van der Waals surface area contributed by atoms with E-state index in [1.165, 1.54) is 0 Å². The predicted molar refractivity (Wildman–Crippen MR) is 23.7 cm³/mol. The van der Waals surface area contributed by atoms with Gasteiger partial charge in [0.25, 0.3) is 0 Å². The molecule has 0 bridgehead atoms. The minimum Gasteiger partial charge on any atom is -0.392 e. The van der Waals surface area contributed by atoms with E-state index in [0.29, 0.717) is 0 Å². The maximum atomic E-state index is 10.1. The van der Waals surface area contributed by atoms with Gasteiger partial charge in [-0.05, 0) is 0 Å². The topological polar surface area (TPSA) is 72.0 Å². The van der Waals surface area contributed by atoms with Gasteiger partial charge in [-0.2, -0.15) is 5.16 Å². The molecule has 0 aliphatic heterocycles. The molecule has 38 valence electrons. The minimum absolute atomic E-state index is 0.111. The van der Waals surface area contributed by atoms with E-state index in [1.807, 2.05) is 5.16 Å². The van der Waals surface area contributed by atoms with E-state index in [4.69, 9.17) is 5.73 Å². The Morgan fingerprint density at radius 1 is 1.86 bits per heavy atom. The van der Waals surface area contributed by atoms with E-state index in [2.05, 4.69) is 4.52 Å². The number of H-pyrrole nitrogens is 1. The standard InChI is InChI=1S/C3H4N2O2/c4-2-1-7-5-3(2)6/h1H,4H2,(H,5,6). The number of rotatable bonds is 0. The van der Waals surface area contributed by atoms with Crippen molar-refractivity contribution in [3.63, 3.8) is 0 Å². The van der Waals surface area contributed by atoms with Crippen LogP contribution >= 0.6 is 0 Å². The molecule has 1 heterocycles. The fourth-order valence-electron chi connectivity index (χ4n) is 0.259. The quantitative estimate of drug-likeness (QED) is 0.463. The second kappa shape index (κ2) is 1.14. The first-order valence-electron chi connectivity index (χ1n) is 1.72. The van der Waals surface area contributed by atoms with Crippen LogP contribution < -0.4 is 11.3 Å². The van der Waals surface area contributed by atoms with Crippen molar-refractivity contribution in [2.75, 3.05) is 5.73 Å². The van der Waals surface area contributed by atoms with Gasteiger partial charge in [0.15, 0.2) is 0 Å². The molecule has 0 atom stereocenters. The normalized spacial score (nSPS) is 9.14. The highest BCUT2D eigenvalue weighted by Crippen LogP contribution is 1.83. The van der Waals surface area contributed by atoms with E-state index in [0.717, 1.165) is 6.26 Å². The Kier molecular flexibility index (Phi) is 0.651. The summed E-state index contributed by atoms with van der Waals surface area (Å²) in [5, 5.41) is 2.01. The number of aromatic amines is 1. The van der Waals surface area contributed by atoms with Crippen molar-refractivity contribution in [1.82, 2.24) is 5.16 Å². The zero-order valence-electron chi connectivity index (χ0n) is 3.47. The molecule has 3 N–H and O–H groups in total. The molecule has 7 heavy (non-hydrogen) atoms. The number of aromatic nitrogens is 1. The molecule has 4 heteroatoms. The summed E-state index contributed by atoms with van der Waals surface area (Å²) >= 11 is 0. The fraction of sp³-hybridized carbons (Fsp3) is 0. The molecule has 0 aliphatic carbocycles. The molecular weight excluding hydrogens is 96.0 g/mol. The van der Waals surface area contributed by atoms with Gasteiger partial charge in [0.05, 0.1) is 0 Å². The Labute approximate surface area is 38.9 Å². The molecule has 0 unspecified atom stereocenters. The highest BCUT2D eigenvalue weighted by Gasteiger charge is 1.89. The summed E-state index contributed by atoms with van der Waals surface area (Å²) in [6.45, 7) is 0. The second-order valence-electron chi connectivity index (χ2n) is 1.12. The monoisotopic (exact) mass is 100 g/mol. The summed E-state index contributed by atoms with van der Waals surface area (Å²) in [6, 6.07) is 0. The first kappa shape index (κ1) is 3.98. The van der Waals surface area contributed by atoms with E-state index in [1.54, 1.807) is 0 Å². The van der Waals surface area contributed by atoms with Crippen LogP contribution in [0.15, 0.2) is 15.6 Å². The molecule has 0 aromatic carbocycles. The third-order valence-electron chi connectivity index (χ3n) is 0.600. The first-order chi connectivity index (χ1) is 3.30. The van der Waals surface area contributed by atoms with Crippen molar-refractivity contribution < 1.29 is 4.52 Å². The molecule has 0 fully saturated rings. The number of nitrogen functional groups attached to an aromatic ring is 1. The van der Waals surface area contributed by atoms with Crippen molar-refractivity contribution in [2.24, 2.45) is 0 Å². The van der Waals surface area contributed by atoms with Gasteiger partial charge in [-0.3, -0.25) is 4.79 Å². The summed E-state index contributed by atoms with van der Waals surface area (Å²) in [5.41, 5.74) is 4.74. The zero-order chi connectivity index (χ0) is 5.28. The summed E-state index contributed by atoms with van der Waals surface area (Å²) in [7, 11) is 0. The lowest BCUT2D eigenvalue weighted by Crippen LogP contribution is -2.02. The van der Waals surface area contributed by atoms with Gasteiger partial charge in [0, 0.05) is 0 Å². The molecule has 1 aromatic rings. The van der Waals surface area contributed by atoms with Crippen molar-refractivity contribution in [3.8, 4) is 0 Å². The lowest BCUT2D eigenvalue weighted by Gasteiger charge is -1.64. The summed E-state index contributed by atoms with van der Waals surface area (Å²) in [5.74, 6) is 0. The van der Waals surface area contributed by atoms with Crippen LogP contribution in [-0.4, -0.2) is 5.16 Å². The lowest BCUT2D eigenvalue weighted by molar-refractivity contribution is 0.414. The molecule has 1 aromatic heterocycles. The number of hydrogen-bond donors (Lipinski definition) is 2. The molecule has 0 amide bonds. The Hall–Kier alpha value is -1.19. The Bertz CT molecular complexity index is 199. The highest BCUT2D eigenvalue weighted by molar-refractivity contribution is 5.28. The maximum absolute atomic E-state index is 10.1. The first-order valence-corrected chi connectivity index (χ1v) is 1.72. The number of nitrogens with one attached hydrogen (secondary N) is 1. The second-order valence-corrected chi connectivity index (χ2v) is 1.12. The smallest absolute Gasteiger partial charge is 0.303 e. The van der Waals surface area contributed by atoms with E-state index >= 15 is 0 Å². The van der Waals surface area contributed by atoms with E-state index in [-0.39, 0.29) is 11.2 Å². The highest BCUT2D eigenvalue weighted by atomic mass is 16.5. The summed E-state index contributed by atoms with van der Waals surface area (Å²) in [4.78, 5) is 10.1. The van der Waals surface area contributed by atoms with Crippen molar-refractivity contribution in [3.05, 3.63) is 16.6 Å². The third-order valence-corrected chi connectivity index (χ3v) is 0.600. The van der Waals surface area contributed by atoms with Crippen LogP contribution in [0.25, 0.3) is 0 Å². The molecule has 0 spiro atoms. The zero-order valence-corrected chi connectivity index (χ0v) is 3.47. The number of anilines is 1. The van der Waals surface area contributed by atoms with Crippen molar-refractivity contribution >= 4 is 5.69 Å². The van der Waals surface area contributed by atoms with Gasteiger partial charge in [0.1, 0.15) is 12.0 Å². The summed E-state index contributed by atoms with van der Waals surface area (Å²) < 4.78 is 4.28. The number of nitrogens with two attached hydrogens (primary N) is 1. The Morgan fingerprint density at radius 3 is 2.71 bits per heavy atom. The Balaban J connectivity index is 3.39. The fourth-order valence-corrected chi connectivity index (χ4v) is 0.259. The average Bonchev–Trinajstić information content (AvgIpc) is 1.91. The molecule has 0 saturated heterocycles.